The first-order chi connectivity index (χ1) is 15.0. The van der Waals surface area contributed by atoms with Gasteiger partial charge >= 0.3 is 0 Å². The molecule has 0 saturated heterocycles. The molecule has 0 aliphatic carbocycles. The summed E-state index contributed by atoms with van der Waals surface area (Å²) in [5.74, 6) is 0.781. The summed E-state index contributed by atoms with van der Waals surface area (Å²) in [5.41, 5.74) is 3.21. The monoisotopic (exact) mass is 550 g/mol. The summed E-state index contributed by atoms with van der Waals surface area (Å²) in [6.45, 7) is 2.88. The zero-order valence-electron chi connectivity index (χ0n) is 17.8. The number of imidazole rings is 1. The molecule has 2 heterocycles. The van der Waals surface area contributed by atoms with E-state index >= 15 is 0 Å². The molecule has 0 spiro atoms. The summed E-state index contributed by atoms with van der Waals surface area (Å²) in [6.07, 6.45) is 5.98. The molecule has 0 aliphatic heterocycles. The summed E-state index contributed by atoms with van der Waals surface area (Å²) < 4.78 is 29.8. The van der Waals surface area contributed by atoms with Crippen molar-refractivity contribution in [2.45, 2.75) is 19.9 Å². The van der Waals surface area contributed by atoms with Gasteiger partial charge in [-0.3, -0.25) is 4.99 Å². The van der Waals surface area contributed by atoms with Crippen LogP contribution in [0.5, 0.6) is 0 Å². The number of aryl methyl sites for hydroxylation is 1. The number of aromatic nitrogens is 3. The lowest BCUT2D eigenvalue weighted by Gasteiger charge is -2.13. The topological polar surface area (TPSA) is 70.0 Å². The van der Waals surface area contributed by atoms with E-state index in [1.165, 1.54) is 18.2 Å². The minimum absolute atomic E-state index is 0. The van der Waals surface area contributed by atoms with Crippen molar-refractivity contribution in [3.8, 4) is 5.69 Å². The zero-order valence-corrected chi connectivity index (χ0v) is 20.2. The summed E-state index contributed by atoms with van der Waals surface area (Å²) in [4.78, 5) is 11.5. The van der Waals surface area contributed by atoms with E-state index in [1.807, 2.05) is 19.2 Å². The molecule has 0 radical (unpaired) electrons. The van der Waals surface area contributed by atoms with Crippen LogP contribution in [0.15, 0.2) is 60.0 Å². The Morgan fingerprint density at radius 1 is 1.16 bits per heavy atom. The number of nitrogens with one attached hydrogen (secondary N) is 3. The van der Waals surface area contributed by atoms with Crippen molar-refractivity contribution in [3.05, 3.63) is 83.6 Å². The predicted octanol–water partition coefficient (Wildman–Crippen LogP) is 4.47. The molecular weight excluding hydrogens is 525 g/mol. The van der Waals surface area contributed by atoms with Crippen LogP contribution in [0.3, 0.4) is 0 Å². The van der Waals surface area contributed by atoms with Crippen LogP contribution in [0.1, 0.15) is 17.0 Å². The van der Waals surface area contributed by atoms with Gasteiger partial charge in [0.15, 0.2) is 5.96 Å². The van der Waals surface area contributed by atoms with Gasteiger partial charge in [-0.25, -0.2) is 13.8 Å². The predicted molar refractivity (Wildman–Crippen MR) is 134 cm³/mol. The Bertz CT molecular complexity index is 1230. The normalized spacial score (nSPS) is 11.4. The Morgan fingerprint density at radius 2 is 2.00 bits per heavy atom. The lowest BCUT2D eigenvalue weighted by molar-refractivity contribution is 0.613. The van der Waals surface area contributed by atoms with Crippen LogP contribution >= 0.6 is 24.0 Å². The molecule has 2 aromatic heterocycles. The van der Waals surface area contributed by atoms with Gasteiger partial charge in [0.1, 0.15) is 17.5 Å². The molecule has 0 amide bonds. The first-order valence-electron chi connectivity index (χ1n) is 10.0. The molecule has 168 valence electrons. The number of hydrogen-bond donors (Lipinski definition) is 3. The van der Waals surface area contributed by atoms with Crippen LogP contribution in [0.25, 0.3) is 16.6 Å². The second kappa shape index (κ2) is 10.6. The SMILES string of the molecule is CN=C(NCCc1c[nH]c2ccc(F)cc12)NCc1ccc(-n2ccnc2C)c(F)c1.I. The number of hydrogen-bond acceptors (Lipinski definition) is 2. The number of rotatable bonds is 6. The Labute approximate surface area is 202 Å². The maximum Gasteiger partial charge on any atom is 0.191 e. The molecule has 32 heavy (non-hydrogen) atoms. The van der Waals surface area contributed by atoms with E-state index in [2.05, 4.69) is 25.6 Å². The van der Waals surface area contributed by atoms with Gasteiger partial charge in [0.25, 0.3) is 0 Å². The zero-order chi connectivity index (χ0) is 21.8. The molecule has 0 saturated carbocycles. The van der Waals surface area contributed by atoms with Gasteiger partial charge in [-0.2, -0.15) is 0 Å². The van der Waals surface area contributed by atoms with E-state index in [1.54, 1.807) is 36.1 Å². The number of aromatic amines is 1. The number of halogens is 3. The van der Waals surface area contributed by atoms with Crippen LogP contribution in [0.4, 0.5) is 8.78 Å². The van der Waals surface area contributed by atoms with Gasteiger partial charge in [-0.1, -0.05) is 6.07 Å². The fourth-order valence-corrected chi connectivity index (χ4v) is 3.57. The van der Waals surface area contributed by atoms with Crippen molar-refractivity contribution in [1.29, 1.82) is 0 Å². The molecule has 0 atom stereocenters. The van der Waals surface area contributed by atoms with E-state index in [0.29, 0.717) is 31.2 Å². The molecule has 4 rings (SSSR count). The Hall–Kier alpha value is -2.95. The van der Waals surface area contributed by atoms with Crippen LogP contribution in [0, 0.1) is 18.6 Å². The minimum atomic E-state index is -0.310. The lowest BCUT2D eigenvalue weighted by Crippen LogP contribution is -2.37. The summed E-state index contributed by atoms with van der Waals surface area (Å²) in [6, 6.07) is 9.85. The molecular formula is C23H25F2IN6. The highest BCUT2D eigenvalue weighted by atomic mass is 127. The molecule has 6 nitrogen and oxygen atoms in total. The van der Waals surface area contributed by atoms with Gasteiger partial charge in [0, 0.05) is 49.6 Å². The third-order valence-corrected chi connectivity index (χ3v) is 5.20. The summed E-state index contributed by atoms with van der Waals surface area (Å²) in [7, 11) is 1.68. The van der Waals surface area contributed by atoms with Gasteiger partial charge in [0.05, 0.1) is 5.69 Å². The molecule has 0 fully saturated rings. The largest absolute Gasteiger partial charge is 0.361 e. The average molecular weight is 550 g/mol. The molecule has 4 aromatic rings. The van der Waals surface area contributed by atoms with Crippen LogP contribution in [-0.4, -0.2) is 34.1 Å². The van der Waals surface area contributed by atoms with Crippen LogP contribution < -0.4 is 10.6 Å². The second-order valence-corrected chi connectivity index (χ2v) is 7.24. The highest BCUT2D eigenvalue weighted by molar-refractivity contribution is 14.0. The number of benzene rings is 2. The van der Waals surface area contributed by atoms with Gasteiger partial charge in [0.2, 0.25) is 0 Å². The third-order valence-electron chi connectivity index (χ3n) is 5.20. The average Bonchev–Trinajstić information content (AvgIpc) is 3.36. The number of H-pyrrole nitrogens is 1. The van der Waals surface area contributed by atoms with Crippen molar-refractivity contribution in [2.24, 2.45) is 4.99 Å². The van der Waals surface area contributed by atoms with Gasteiger partial charge in [-0.15, -0.1) is 24.0 Å². The van der Waals surface area contributed by atoms with Crippen molar-refractivity contribution in [2.75, 3.05) is 13.6 Å². The molecule has 0 bridgehead atoms. The smallest absolute Gasteiger partial charge is 0.191 e. The first kappa shape index (κ1) is 23.7. The van der Waals surface area contributed by atoms with E-state index in [4.69, 9.17) is 0 Å². The lowest BCUT2D eigenvalue weighted by atomic mass is 10.1. The number of fused-ring (bicyclic) bond motifs is 1. The van der Waals surface area contributed by atoms with Crippen molar-refractivity contribution < 1.29 is 8.78 Å². The molecule has 9 heteroatoms. The van der Waals surface area contributed by atoms with Crippen LogP contribution in [-0.2, 0) is 13.0 Å². The van der Waals surface area contributed by atoms with Gasteiger partial charge in [-0.05, 0) is 54.8 Å². The maximum absolute atomic E-state index is 14.6. The van der Waals surface area contributed by atoms with Crippen molar-refractivity contribution in [3.63, 3.8) is 0 Å². The fourth-order valence-electron chi connectivity index (χ4n) is 3.57. The summed E-state index contributed by atoms with van der Waals surface area (Å²) in [5, 5.41) is 7.31. The highest BCUT2D eigenvalue weighted by Gasteiger charge is 2.09. The second-order valence-electron chi connectivity index (χ2n) is 7.24. The van der Waals surface area contributed by atoms with E-state index in [0.717, 1.165) is 27.9 Å². The molecule has 0 unspecified atom stereocenters. The van der Waals surface area contributed by atoms with E-state index in [-0.39, 0.29) is 35.6 Å². The molecule has 0 aliphatic rings. The minimum Gasteiger partial charge on any atom is -0.361 e. The molecule has 3 N–H and O–H groups in total. The first-order valence-corrected chi connectivity index (χ1v) is 10.0. The number of aliphatic imine (C=N–C) groups is 1. The standard InChI is InChI=1S/C23H24F2N6.HI/c1-15-27-9-10-31(15)22-6-3-16(11-20(22)25)13-30-23(26-2)28-8-7-17-14-29-21-5-4-18(24)12-19(17)21;/h3-6,9-12,14,29H,7-8,13H2,1-2H3,(H2,26,28,30);1H. The highest BCUT2D eigenvalue weighted by Crippen LogP contribution is 2.20. The van der Waals surface area contributed by atoms with Crippen LogP contribution in [0.2, 0.25) is 0 Å². The quantitative estimate of drug-likeness (QED) is 0.189. The van der Waals surface area contributed by atoms with Gasteiger partial charge < -0.3 is 20.2 Å². The third kappa shape index (κ3) is 5.26. The number of guanidine groups is 1. The van der Waals surface area contributed by atoms with Crippen molar-refractivity contribution in [1.82, 2.24) is 25.2 Å². The Kier molecular flexibility index (Phi) is 7.84. The Morgan fingerprint density at radius 3 is 2.72 bits per heavy atom. The number of nitrogens with zero attached hydrogens (tertiary/aromatic N) is 3. The Balaban J connectivity index is 0.00000289. The van der Waals surface area contributed by atoms with E-state index in [9.17, 15) is 8.78 Å². The van der Waals surface area contributed by atoms with E-state index < -0.39 is 0 Å². The fraction of sp³-hybridized carbons (Fsp3) is 0.217. The maximum atomic E-state index is 14.6. The summed E-state index contributed by atoms with van der Waals surface area (Å²) >= 11 is 0. The van der Waals surface area contributed by atoms with Crippen molar-refractivity contribution >= 4 is 40.8 Å². The molecule has 2 aromatic carbocycles.